The molecule has 7 nitrogen and oxygen atoms in total. The normalized spacial score (nSPS) is 14.2. The number of para-hydroxylation sites is 1. The van der Waals surface area contributed by atoms with E-state index in [4.69, 9.17) is 14.2 Å². The van der Waals surface area contributed by atoms with Crippen LogP contribution in [0.1, 0.15) is 15.9 Å². The molecule has 8 heteroatoms. The van der Waals surface area contributed by atoms with Crippen molar-refractivity contribution in [2.45, 2.75) is 0 Å². The first-order chi connectivity index (χ1) is 18.5. The molecule has 4 aromatic carbocycles. The Hall–Kier alpha value is -4.56. The number of amides is 2. The molecule has 38 heavy (non-hydrogen) atoms. The van der Waals surface area contributed by atoms with Gasteiger partial charge in [0.25, 0.3) is 11.1 Å². The van der Waals surface area contributed by atoms with Gasteiger partial charge in [-0.2, -0.15) is 0 Å². The lowest BCUT2D eigenvalue weighted by Crippen LogP contribution is -2.32. The first kappa shape index (κ1) is 25.1. The molecular formula is C30H23NO6S. The summed E-state index contributed by atoms with van der Waals surface area (Å²) in [6.45, 7) is 0.273. The van der Waals surface area contributed by atoms with Crippen LogP contribution in [-0.2, 0) is 4.79 Å². The highest BCUT2D eigenvalue weighted by Crippen LogP contribution is 2.34. The second-order valence-electron chi connectivity index (χ2n) is 8.31. The third kappa shape index (κ3) is 5.40. The van der Waals surface area contributed by atoms with E-state index in [0.717, 1.165) is 27.4 Å². The Bertz CT molecular complexity index is 1540. The van der Waals surface area contributed by atoms with Gasteiger partial charge in [0.05, 0.1) is 24.1 Å². The van der Waals surface area contributed by atoms with Gasteiger partial charge in [-0.05, 0) is 59.6 Å². The summed E-state index contributed by atoms with van der Waals surface area (Å²) in [5, 5.41) is 1.63. The van der Waals surface area contributed by atoms with Gasteiger partial charge in [0.2, 0.25) is 0 Å². The van der Waals surface area contributed by atoms with Crippen LogP contribution < -0.4 is 14.2 Å². The molecule has 0 N–H and O–H groups in total. The molecule has 190 valence electrons. The first-order valence-electron chi connectivity index (χ1n) is 11.8. The third-order valence-corrected chi connectivity index (χ3v) is 6.84. The van der Waals surface area contributed by atoms with E-state index < -0.39 is 11.9 Å². The first-order valence-corrected chi connectivity index (χ1v) is 12.7. The van der Waals surface area contributed by atoms with Gasteiger partial charge in [-0.1, -0.05) is 54.6 Å². The van der Waals surface area contributed by atoms with E-state index in [2.05, 4.69) is 0 Å². The van der Waals surface area contributed by atoms with Crippen LogP contribution in [-0.4, -0.2) is 42.3 Å². The Balaban J connectivity index is 1.26. The topological polar surface area (TPSA) is 82.1 Å². The van der Waals surface area contributed by atoms with Crippen LogP contribution in [0.5, 0.6) is 17.2 Å². The molecule has 4 aromatic rings. The minimum Gasteiger partial charge on any atom is -0.497 e. The highest BCUT2D eigenvalue weighted by Gasteiger charge is 2.35. The SMILES string of the molecule is COc1ccc(C(=O)Oc2ccccc2/C=C2\SC(=O)N(CCOc3cccc4ccccc34)C2=O)cc1. The molecule has 1 aliphatic rings. The zero-order valence-corrected chi connectivity index (χ0v) is 21.3. The minimum atomic E-state index is -0.549. The summed E-state index contributed by atoms with van der Waals surface area (Å²) < 4.78 is 16.6. The van der Waals surface area contributed by atoms with Crippen molar-refractivity contribution in [1.29, 1.82) is 0 Å². The van der Waals surface area contributed by atoms with E-state index in [-0.39, 0.29) is 29.0 Å². The van der Waals surface area contributed by atoms with E-state index in [1.807, 2.05) is 42.5 Å². The highest BCUT2D eigenvalue weighted by atomic mass is 32.2. The minimum absolute atomic E-state index is 0.110. The maximum Gasteiger partial charge on any atom is 0.343 e. The number of thioether (sulfide) groups is 1. The maximum absolute atomic E-state index is 13.0. The average molecular weight is 526 g/mol. The van der Waals surface area contributed by atoms with Gasteiger partial charge in [0.1, 0.15) is 23.9 Å². The van der Waals surface area contributed by atoms with Crippen LogP contribution in [0.15, 0.2) is 95.9 Å². The quantitative estimate of drug-likeness (QED) is 0.154. The van der Waals surface area contributed by atoms with E-state index in [1.165, 1.54) is 0 Å². The summed E-state index contributed by atoms with van der Waals surface area (Å²) >= 11 is 0.842. The number of hydrogen-bond donors (Lipinski definition) is 0. The molecule has 0 spiro atoms. The fourth-order valence-electron chi connectivity index (χ4n) is 3.98. The number of methoxy groups -OCH3 is 1. The number of ether oxygens (including phenoxy) is 3. The molecule has 0 atom stereocenters. The van der Waals surface area contributed by atoms with Gasteiger partial charge in [0, 0.05) is 10.9 Å². The smallest absolute Gasteiger partial charge is 0.343 e. The summed E-state index contributed by atoms with van der Waals surface area (Å²) in [6.07, 6.45) is 1.56. The van der Waals surface area contributed by atoms with Crippen molar-refractivity contribution in [2.24, 2.45) is 0 Å². The molecule has 0 aliphatic carbocycles. The maximum atomic E-state index is 13.0. The third-order valence-electron chi connectivity index (χ3n) is 5.93. The Labute approximate surface area is 223 Å². The van der Waals surface area contributed by atoms with Crippen molar-refractivity contribution in [2.75, 3.05) is 20.3 Å². The van der Waals surface area contributed by atoms with Crippen LogP contribution in [0, 0.1) is 0 Å². The van der Waals surface area contributed by atoms with Crippen molar-refractivity contribution in [3.05, 3.63) is 107 Å². The number of fused-ring (bicyclic) bond motifs is 1. The molecule has 1 aliphatic heterocycles. The highest BCUT2D eigenvalue weighted by molar-refractivity contribution is 8.18. The predicted octanol–water partition coefficient (Wildman–Crippen LogP) is 6.18. The fourth-order valence-corrected chi connectivity index (χ4v) is 4.84. The van der Waals surface area contributed by atoms with Gasteiger partial charge in [-0.3, -0.25) is 14.5 Å². The summed E-state index contributed by atoms with van der Waals surface area (Å²) in [4.78, 5) is 39.7. The van der Waals surface area contributed by atoms with Crippen LogP contribution >= 0.6 is 11.8 Å². The van der Waals surface area contributed by atoms with Crippen molar-refractivity contribution < 1.29 is 28.6 Å². The summed E-state index contributed by atoms with van der Waals surface area (Å²) in [5.41, 5.74) is 0.860. The van der Waals surface area contributed by atoms with E-state index in [0.29, 0.717) is 22.6 Å². The Morgan fingerprint density at radius 2 is 1.58 bits per heavy atom. The second kappa shape index (κ2) is 11.2. The van der Waals surface area contributed by atoms with Gasteiger partial charge in [-0.25, -0.2) is 4.79 Å². The van der Waals surface area contributed by atoms with Crippen molar-refractivity contribution in [1.82, 2.24) is 4.90 Å². The van der Waals surface area contributed by atoms with E-state index in [1.54, 1.807) is 61.7 Å². The average Bonchev–Trinajstić information content (AvgIpc) is 3.21. The van der Waals surface area contributed by atoms with Gasteiger partial charge < -0.3 is 14.2 Å². The molecule has 5 rings (SSSR count). The number of benzene rings is 4. The van der Waals surface area contributed by atoms with Crippen molar-refractivity contribution in [3.63, 3.8) is 0 Å². The fraction of sp³-hybridized carbons (Fsp3) is 0.100. The van der Waals surface area contributed by atoms with Gasteiger partial charge >= 0.3 is 5.97 Å². The molecule has 0 bridgehead atoms. The second-order valence-corrected chi connectivity index (χ2v) is 9.31. The number of hydrogen-bond acceptors (Lipinski definition) is 7. The number of nitrogens with zero attached hydrogens (tertiary/aromatic N) is 1. The Morgan fingerprint density at radius 1 is 0.868 bits per heavy atom. The van der Waals surface area contributed by atoms with Crippen molar-refractivity contribution in [3.8, 4) is 17.2 Å². The standard InChI is InChI=1S/C30H23NO6S/c1-35-23-15-13-21(14-16-23)29(33)37-25-11-5-3-8-22(25)19-27-28(32)31(30(34)38-27)17-18-36-26-12-6-9-20-7-2-4-10-24(20)26/h2-16,19H,17-18H2,1H3/b27-19-. The molecular weight excluding hydrogens is 502 g/mol. The number of carbonyl (C=O) groups excluding carboxylic acids is 3. The molecule has 0 unspecified atom stereocenters. The number of rotatable bonds is 8. The summed E-state index contributed by atoms with van der Waals surface area (Å²) in [6, 6.07) is 27.0. The largest absolute Gasteiger partial charge is 0.497 e. The number of esters is 1. The van der Waals surface area contributed by atoms with Crippen LogP contribution in [0.25, 0.3) is 16.8 Å². The van der Waals surface area contributed by atoms with Gasteiger partial charge in [-0.15, -0.1) is 0 Å². The molecule has 0 radical (unpaired) electrons. The van der Waals surface area contributed by atoms with Crippen LogP contribution in [0.4, 0.5) is 4.79 Å². The molecule has 0 saturated carbocycles. The molecule has 0 aromatic heterocycles. The monoisotopic (exact) mass is 525 g/mol. The predicted molar refractivity (Wildman–Crippen MR) is 147 cm³/mol. The lowest BCUT2D eigenvalue weighted by Gasteiger charge is -2.14. The van der Waals surface area contributed by atoms with Crippen LogP contribution in [0.3, 0.4) is 0 Å². The van der Waals surface area contributed by atoms with E-state index >= 15 is 0 Å². The molecule has 1 heterocycles. The zero-order valence-electron chi connectivity index (χ0n) is 20.5. The van der Waals surface area contributed by atoms with Crippen molar-refractivity contribution >= 4 is 45.7 Å². The molecule has 2 amide bonds. The molecule has 1 saturated heterocycles. The summed E-state index contributed by atoms with van der Waals surface area (Å²) in [7, 11) is 1.54. The Kier molecular flexibility index (Phi) is 7.42. The lowest BCUT2D eigenvalue weighted by molar-refractivity contribution is -0.123. The summed E-state index contributed by atoms with van der Waals surface area (Å²) in [5.74, 6) is 0.628. The zero-order chi connectivity index (χ0) is 26.5. The van der Waals surface area contributed by atoms with Gasteiger partial charge in [0.15, 0.2) is 0 Å². The lowest BCUT2D eigenvalue weighted by atomic mass is 10.1. The Morgan fingerprint density at radius 3 is 2.39 bits per heavy atom. The number of carbonyl (C=O) groups is 3. The van der Waals surface area contributed by atoms with Crippen LogP contribution in [0.2, 0.25) is 0 Å². The number of imide groups is 1. The molecule has 1 fully saturated rings. The van der Waals surface area contributed by atoms with E-state index in [9.17, 15) is 14.4 Å².